The Labute approximate surface area is 163 Å². The van der Waals surface area contributed by atoms with E-state index in [0.29, 0.717) is 18.8 Å². The number of aromatic nitrogens is 2. The highest BCUT2D eigenvalue weighted by Gasteiger charge is 2.24. The van der Waals surface area contributed by atoms with Crippen LogP contribution in [0, 0.1) is 5.82 Å². The van der Waals surface area contributed by atoms with E-state index in [1.807, 2.05) is 20.8 Å². The lowest BCUT2D eigenvalue weighted by molar-refractivity contribution is -0.124. The minimum absolute atomic E-state index is 0.0983. The largest absolute Gasteiger partial charge is 0.368 e. The molecule has 3 rings (SSSR count). The first-order valence-electron chi connectivity index (χ1n) is 9.22. The van der Waals surface area contributed by atoms with Crippen molar-refractivity contribution in [2.75, 3.05) is 17.2 Å². The molecular formula is C20H25FN4O3. The number of amides is 2. The predicted octanol–water partition coefficient (Wildman–Crippen LogP) is 3.23. The SMILES string of the molecule is Cn1nc(C(C)(C)C)cc1NC(=O)c1cc(F)cc(NC(=O)C2CCCO2)c1. The van der Waals surface area contributed by atoms with Crippen LogP contribution in [0.25, 0.3) is 0 Å². The summed E-state index contributed by atoms with van der Waals surface area (Å²) in [5.74, 6) is -0.939. The molecule has 1 aliphatic rings. The number of halogens is 1. The zero-order chi connectivity index (χ0) is 20.5. The molecule has 1 aromatic carbocycles. The minimum Gasteiger partial charge on any atom is -0.368 e. The molecule has 150 valence electrons. The van der Waals surface area contributed by atoms with Gasteiger partial charge in [0.2, 0.25) is 0 Å². The zero-order valence-corrected chi connectivity index (χ0v) is 16.5. The molecule has 0 saturated carbocycles. The molecule has 1 aromatic heterocycles. The number of rotatable bonds is 4. The Morgan fingerprint density at radius 3 is 2.57 bits per heavy atom. The highest BCUT2D eigenvalue weighted by molar-refractivity contribution is 6.05. The molecule has 8 heteroatoms. The molecule has 1 unspecified atom stereocenters. The molecule has 0 bridgehead atoms. The van der Waals surface area contributed by atoms with Gasteiger partial charge in [0.15, 0.2) is 0 Å². The first-order chi connectivity index (χ1) is 13.1. The molecule has 2 amide bonds. The van der Waals surface area contributed by atoms with E-state index in [4.69, 9.17) is 4.74 Å². The van der Waals surface area contributed by atoms with Gasteiger partial charge in [0, 0.05) is 36.4 Å². The number of nitrogens with zero attached hydrogens (tertiary/aromatic N) is 2. The summed E-state index contributed by atoms with van der Waals surface area (Å²) in [4.78, 5) is 24.8. The smallest absolute Gasteiger partial charge is 0.256 e. The summed E-state index contributed by atoms with van der Waals surface area (Å²) in [5.41, 5.74) is 0.973. The monoisotopic (exact) mass is 388 g/mol. The van der Waals surface area contributed by atoms with Crippen LogP contribution in [0.15, 0.2) is 24.3 Å². The second kappa shape index (κ2) is 7.71. The Hall–Kier alpha value is -2.74. The standard InChI is InChI=1S/C20H25FN4O3/c1-20(2,3)16-11-17(25(4)24-16)23-18(26)12-8-13(21)10-14(9-12)22-19(27)15-6-5-7-28-15/h8-11,15H,5-7H2,1-4H3,(H,22,27)(H,23,26). The van der Waals surface area contributed by atoms with Gasteiger partial charge >= 0.3 is 0 Å². The van der Waals surface area contributed by atoms with E-state index in [2.05, 4.69) is 15.7 Å². The number of carbonyl (C=O) groups is 2. The van der Waals surface area contributed by atoms with Gasteiger partial charge in [0.05, 0.1) is 5.69 Å². The molecule has 1 atom stereocenters. The van der Waals surface area contributed by atoms with E-state index in [1.165, 1.54) is 12.1 Å². The van der Waals surface area contributed by atoms with Crippen LogP contribution in [0.5, 0.6) is 0 Å². The molecule has 2 aromatic rings. The van der Waals surface area contributed by atoms with Crippen molar-refractivity contribution in [2.24, 2.45) is 7.05 Å². The fourth-order valence-corrected chi connectivity index (χ4v) is 2.94. The number of ether oxygens (including phenoxy) is 1. The highest BCUT2D eigenvalue weighted by Crippen LogP contribution is 2.24. The average molecular weight is 388 g/mol. The maximum absolute atomic E-state index is 14.0. The lowest BCUT2D eigenvalue weighted by Gasteiger charge is -2.13. The van der Waals surface area contributed by atoms with Crippen LogP contribution in [0.3, 0.4) is 0 Å². The molecule has 2 N–H and O–H groups in total. The first-order valence-corrected chi connectivity index (χ1v) is 9.22. The normalized spacial score (nSPS) is 16.8. The molecule has 1 saturated heterocycles. The van der Waals surface area contributed by atoms with Crippen LogP contribution in [0.4, 0.5) is 15.9 Å². The van der Waals surface area contributed by atoms with Gasteiger partial charge in [-0.25, -0.2) is 4.39 Å². The Kier molecular flexibility index (Phi) is 5.51. The number of anilines is 2. The lowest BCUT2D eigenvalue weighted by Crippen LogP contribution is -2.27. The second-order valence-electron chi connectivity index (χ2n) is 7.96. The van der Waals surface area contributed by atoms with Crippen LogP contribution in [-0.2, 0) is 22.0 Å². The second-order valence-corrected chi connectivity index (χ2v) is 7.96. The van der Waals surface area contributed by atoms with Crippen molar-refractivity contribution in [3.05, 3.63) is 41.3 Å². The molecule has 0 radical (unpaired) electrons. The van der Waals surface area contributed by atoms with Gasteiger partial charge in [0.25, 0.3) is 11.8 Å². The van der Waals surface area contributed by atoms with Crippen molar-refractivity contribution >= 4 is 23.3 Å². The number of benzene rings is 1. The van der Waals surface area contributed by atoms with Crippen molar-refractivity contribution in [3.63, 3.8) is 0 Å². The van der Waals surface area contributed by atoms with Gasteiger partial charge < -0.3 is 15.4 Å². The van der Waals surface area contributed by atoms with E-state index < -0.39 is 17.8 Å². The van der Waals surface area contributed by atoms with Gasteiger partial charge in [-0.3, -0.25) is 14.3 Å². The lowest BCUT2D eigenvalue weighted by atomic mass is 9.92. The molecule has 28 heavy (non-hydrogen) atoms. The van der Waals surface area contributed by atoms with Gasteiger partial charge in [-0.2, -0.15) is 5.10 Å². The number of aryl methyl sites for hydroxylation is 1. The maximum Gasteiger partial charge on any atom is 0.256 e. The van der Waals surface area contributed by atoms with E-state index in [9.17, 15) is 14.0 Å². The van der Waals surface area contributed by atoms with Crippen LogP contribution in [0.2, 0.25) is 0 Å². The van der Waals surface area contributed by atoms with Gasteiger partial charge in [-0.05, 0) is 31.0 Å². The van der Waals surface area contributed by atoms with E-state index in [0.717, 1.165) is 18.2 Å². The average Bonchev–Trinajstić information content (AvgIpc) is 3.24. The van der Waals surface area contributed by atoms with Crippen molar-refractivity contribution in [3.8, 4) is 0 Å². The van der Waals surface area contributed by atoms with Crippen LogP contribution < -0.4 is 10.6 Å². The van der Waals surface area contributed by atoms with Crippen molar-refractivity contribution in [1.29, 1.82) is 0 Å². The van der Waals surface area contributed by atoms with Crippen LogP contribution in [-0.4, -0.2) is 34.3 Å². The zero-order valence-electron chi connectivity index (χ0n) is 16.5. The molecule has 1 aliphatic heterocycles. The summed E-state index contributed by atoms with van der Waals surface area (Å²) in [6.45, 7) is 6.61. The minimum atomic E-state index is -0.615. The number of carbonyl (C=O) groups excluding carboxylic acids is 2. The molecule has 7 nitrogen and oxygen atoms in total. The highest BCUT2D eigenvalue weighted by atomic mass is 19.1. The number of nitrogens with one attached hydrogen (secondary N) is 2. The summed E-state index contributed by atoms with van der Waals surface area (Å²) in [6.07, 6.45) is 0.909. The quantitative estimate of drug-likeness (QED) is 0.842. The molecule has 1 fully saturated rings. The Morgan fingerprint density at radius 2 is 1.96 bits per heavy atom. The van der Waals surface area contributed by atoms with E-state index in [1.54, 1.807) is 17.8 Å². The molecule has 0 spiro atoms. The van der Waals surface area contributed by atoms with Crippen molar-refractivity contribution in [1.82, 2.24) is 9.78 Å². The van der Waals surface area contributed by atoms with Crippen molar-refractivity contribution in [2.45, 2.75) is 45.1 Å². The van der Waals surface area contributed by atoms with Gasteiger partial charge in [-0.1, -0.05) is 20.8 Å². The summed E-state index contributed by atoms with van der Waals surface area (Å²) >= 11 is 0. The molecular weight excluding hydrogens is 363 g/mol. The summed E-state index contributed by atoms with van der Waals surface area (Å²) in [5, 5.41) is 9.76. The van der Waals surface area contributed by atoms with E-state index >= 15 is 0 Å². The third kappa shape index (κ3) is 4.56. The fourth-order valence-electron chi connectivity index (χ4n) is 2.94. The Morgan fingerprint density at radius 1 is 1.21 bits per heavy atom. The predicted molar refractivity (Wildman–Crippen MR) is 104 cm³/mol. The fraction of sp³-hybridized carbons (Fsp3) is 0.450. The Bertz CT molecular complexity index is 895. The van der Waals surface area contributed by atoms with Gasteiger partial charge in [0.1, 0.15) is 17.7 Å². The van der Waals surface area contributed by atoms with E-state index in [-0.39, 0.29) is 22.6 Å². The summed E-state index contributed by atoms with van der Waals surface area (Å²) in [7, 11) is 1.73. The Balaban J connectivity index is 1.76. The van der Waals surface area contributed by atoms with Crippen LogP contribution in [0.1, 0.15) is 49.7 Å². The summed E-state index contributed by atoms with van der Waals surface area (Å²) in [6, 6.07) is 5.52. The number of hydrogen-bond donors (Lipinski definition) is 2. The third-order valence-electron chi connectivity index (χ3n) is 4.54. The molecule has 2 heterocycles. The first kappa shape index (κ1) is 20.0. The third-order valence-corrected chi connectivity index (χ3v) is 4.54. The van der Waals surface area contributed by atoms with Crippen LogP contribution >= 0.6 is 0 Å². The topological polar surface area (TPSA) is 85.3 Å². The van der Waals surface area contributed by atoms with Gasteiger partial charge in [-0.15, -0.1) is 0 Å². The summed E-state index contributed by atoms with van der Waals surface area (Å²) < 4.78 is 20.9. The molecule has 0 aliphatic carbocycles. The van der Waals surface area contributed by atoms with Crippen molar-refractivity contribution < 1.29 is 18.7 Å². The maximum atomic E-state index is 14.0. The number of hydrogen-bond acceptors (Lipinski definition) is 4.